The van der Waals surface area contributed by atoms with Crippen LogP contribution >= 0.6 is 11.3 Å². The molecule has 6 nitrogen and oxygen atoms in total. The van der Waals surface area contributed by atoms with Gasteiger partial charge in [-0.2, -0.15) is 0 Å². The zero-order valence-corrected chi connectivity index (χ0v) is 23.8. The van der Waals surface area contributed by atoms with Crippen molar-refractivity contribution in [2.24, 2.45) is 0 Å². The third kappa shape index (κ3) is 5.66. The van der Waals surface area contributed by atoms with Gasteiger partial charge in [0.1, 0.15) is 17.3 Å². The molecular formula is C29H40N4O2S. The Labute approximate surface area is 219 Å². The van der Waals surface area contributed by atoms with Crippen LogP contribution in [0.4, 0.5) is 0 Å². The van der Waals surface area contributed by atoms with Gasteiger partial charge >= 0.3 is 0 Å². The van der Waals surface area contributed by atoms with Crippen LogP contribution in [0.1, 0.15) is 82.0 Å². The fraction of sp³-hybridized carbons (Fsp3) is 0.552. The van der Waals surface area contributed by atoms with Crippen molar-refractivity contribution in [3.63, 3.8) is 0 Å². The lowest BCUT2D eigenvalue weighted by Crippen LogP contribution is -2.39. The molecule has 3 aromatic rings. The van der Waals surface area contributed by atoms with Crippen LogP contribution in [0.2, 0.25) is 0 Å². The largest absolute Gasteiger partial charge is 0.496 e. The van der Waals surface area contributed by atoms with E-state index in [1.807, 2.05) is 28.8 Å². The quantitative estimate of drug-likeness (QED) is 0.404. The van der Waals surface area contributed by atoms with E-state index in [9.17, 15) is 4.79 Å². The first-order valence-corrected chi connectivity index (χ1v) is 13.6. The van der Waals surface area contributed by atoms with E-state index in [1.54, 1.807) is 24.8 Å². The van der Waals surface area contributed by atoms with E-state index in [0.717, 1.165) is 47.9 Å². The van der Waals surface area contributed by atoms with E-state index in [1.165, 1.54) is 16.0 Å². The molecule has 36 heavy (non-hydrogen) atoms. The molecule has 1 amide bonds. The second kappa shape index (κ2) is 10.0. The lowest BCUT2D eigenvalue weighted by molar-refractivity contribution is -0.132. The van der Waals surface area contributed by atoms with Crippen molar-refractivity contribution in [1.29, 1.82) is 0 Å². The van der Waals surface area contributed by atoms with Gasteiger partial charge < -0.3 is 14.2 Å². The Hall–Kier alpha value is -2.67. The van der Waals surface area contributed by atoms with Gasteiger partial charge in [0.25, 0.3) is 0 Å². The summed E-state index contributed by atoms with van der Waals surface area (Å²) in [6.45, 7) is 17.3. The van der Waals surface area contributed by atoms with E-state index in [4.69, 9.17) is 9.72 Å². The smallest absolute Gasteiger partial charge is 0.242 e. The Balaban J connectivity index is 1.52. The number of aryl methyl sites for hydroxylation is 1. The second-order valence-electron chi connectivity index (χ2n) is 12.0. The average molecular weight is 509 g/mol. The first-order chi connectivity index (χ1) is 16.9. The van der Waals surface area contributed by atoms with Gasteiger partial charge in [-0.05, 0) is 48.6 Å². The van der Waals surface area contributed by atoms with Gasteiger partial charge in [-0.1, -0.05) is 41.5 Å². The summed E-state index contributed by atoms with van der Waals surface area (Å²) in [7, 11) is 1.77. The monoisotopic (exact) mass is 508 g/mol. The van der Waals surface area contributed by atoms with Crippen molar-refractivity contribution in [2.45, 2.75) is 84.6 Å². The molecule has 2 aromatic heterocycles. The lowest BCUT2D eigenvalue weighted by atomic mass is 9.78. The van der Waals surface area contributed by atoms with Crippen LogP contribution in [-0.2, 0) is 22.2 Å². The van der Waals surface area contributed by atoms with E-state index in [-0.39, 0.29) is 16.7 Å². The zero-order valence-electron chi connectivity index (χ0n) is 23.0. The summed E-state index contributed by atoms with van der Waals surface area (Å²) in [6.07, 6.45) is 7.64. The number of methoxy groups -OCH3 is 1. The molecule has 1 aliphatic heterocycles. The van der Waals surface area contributed by atoms with Gasteiger partial charge in [0, 0.05) is 47.1 Å². The summed E-state index contributed by atoms with van der Waals surface area (Å²) in [5.41, 5.74) is 4.42. The van der Waals surface area contributed by atoms with Crippen molar-refractivity contribution in [1.82, 2.24) is 19.4 Å². The number of imidazole rings is 1. The minimum absolute atomic E-state index is 0.0454. The molecule has 194 valence electrons. The normalized spacial score (nSPS) is 15.4. The maximum Gasteiger partial charge on any atom is 0.242 e. The number of thiazole rings is 1. The van der Waals surface area contributed by atoms with E-state index < -0.39 is 0 Å². The summed E-state index contributed by atoms with van der Waals surface area (Å²) in [5, 5.41) is 1.05. The van der Waals surface area contributed by atoms with Gasteiger partial charge in [0.15, 0.2) is 0 Å². The van der Waals surface area contributed by atoms with Crippen LogP contribution in [0.15, 0.2) is 30.9 Å². The highest BCUT2D eigenvalue weighted by atomic mass is 32.1. The Morgan fingerprint density at radius 1 is 1.06 bits per heavy atom. The minimum atomic E-state index is -0.0454. The Morgan fingerprint density at radius 3 is 2.17 bits per heavy atom. The van der Waals surface area contributed by atoms with E-state index in [2.05, 4.69) is 58.7 Å². The molecule has 0 atom stereocenters. The van der Waals surface area contributed by atoms with Gasteiger partial charge in [-0.3, -0.25) is 4.79 Å². The fourth-order valence-corrected chi connectivity index (χ4v) is 6.00. The number of likely N-dealkylation sites (tertiary alicyclic amines) is 1. The van der Waals surface area contributed by atoms with Crippen LogP contribution in [0.25, 0.3) is 10.6 Å². The van der Waals surface area contributed by atoms with E-state index in [0.29, 0.717) is 12.5 Å². The number of amides is 1. The van der Waals surface area contributed by atoms with Crippen molar-refractivity contribution < 1.29 is 9.53 Å². The molecule has 0 spiro atoms. The number of carbonyl (C=O) groups is 1. The lowest BCUT2D eigenvalue weighted by Gasteiger charge is -2.31. The van der Waals surface area contributed by atoms with Crippen LogP contribution in [-0.4, -0.2) is 45.5 Å². The van der Waals surface area contributed by atoms with Crippen LogP contribution < -0.4 is 4.74 Å². The maximum absolute atomic E-state index is 12.7. The average Bonchev–Trinajstić information content (AvgIpc) is 3.46. The topological polar surface area (TPSA) is 60.2 Å². The molecule has 0 saturated carbocycles. The highest BCUT2D eigenvalue weighted by Crippen LogP contribution is 2.44. The summed E-state index contributed by atoms with van der Waals surface area (Å²) in [5.74, 6) is 1.59. The summed E-state index contributed by atoms with van der Waals surface area (Å²) in [6, 6.07) is 4.52. The number of rotatable bonds is 5. The highest BCUT2D eigenvalue weighted by Gasteiger charge is 2.29. The molecule has 3 heterocycles. The number of hydrogen-bond acceptors (Lipinski definition) is 5. The minimum Gasteiger partial charge on any atom is -0.496 e. The zero-order chi connectivity index (χ0) is 26.3. The molecule has 1 saturated heterocycles. The molecule has 0 aliphatic carbocycles. The van der Waals surface area contributed by atoms with Crippen molar-refractivity contribution in [3.05, 3.63) is 52.6 Å². The predicted molar refractivity (Wildman–Crippen MR) is 147 cm³/mol. The summed E-state index contributed by atoms with van der Waals surface area (Å²) in [4.78, 5) is 25.1. The van der Waals surface area contributed by atoms with Crippen LogP contribution in [0.3, 0.4) is 0 Å². The number of piperidine rings is 1. The Morgan fingerprint density at radius 2 is 1.67 bits per heavy atom. The molecule has 7 heteroatoms. The third-order valence-electron chi connectivity index (χ3n) is 7.01. The van der Waals surface area contributed by atoms with Gasteiger partial charge in [0.05, 0.1) is 19.1 Å². The number of hydrogen-bond donors (Lipinski definition) is 0. The molecule has 0 unspecified atom stereocenters. The standard InChI is InChI=1S/C29H40N4O2S/c1-19-16-32(18-31-19)17-25(34)33-11-9-20(10-12-33)24-15-30-27(36-24)21-13-22(28(2,3)4)26(35-8)23(14-21)29(5,6)7/h13-16,18,20H,9-12,17H2,1-8H3. The Bertz CT molecular complexity index is 1190. The maximum atomic E-state index is 12.7. The number of carbonyl (C=O) groups excluding carboxylic acids is 1. The fourth-order valence-electron chi connectivity index (χ4n) is 4.92. The van der Waals surface area contributed by atoms with Crippen molar-refractivity contribution in [2.75, 3.05) is 20.2 Å². The number of benzene rings is 1. The molecule has 1 fully saturated rings. The van der Waals surface area contributed by atoms with Crippen molar-refractivity contribution >= 4 is 17.2 Å². The molecule has 1 aliphatic rings. The predicted octanol–water partition coefficient (Wildman–Crippen LogP) is 6.32. The Kier molecular flexibility index (Phi) is 7.33. The second-order valence-corrected chi connectivity index (χ2v) is 13.1. The first-order valence-electron chi connectivity index (χ1n) is 12.8. The SMILES string of the molecule is COc1c(C(C)(C)C)cc(-c2ncc(C3CCN(C(=O)Cn4cnc(C)c4)CC3)s2)cc1C(C)(C)C. The van der Waals surface area contributed by atoms with Gasteiger partial charge in [0.2, 0.25) is 5.91 Å². The number of nitrogens with zero attached hydrogens (tertiary/aromatic N) is 4. The molecule has 0 radical (unpaired) electrons. The first kappa shape index (κ1) is 26.4. The molecule has 1 aromatic carbocycles. The summed E-state index contributed by atoms with van der Waals surface area (Å²) >= 11 is 1.79. The van der Waals surface area contributed by atoms with Crippen molar-refractivity contribution in [3.8, 4) is 16.3 Å². The molecular weight excluding hydrogens is 468 g/mol. The van der Waals surface area contributed by atoms with E-state index >= 15 is 0 Å². The molecule has 4 rings (SSSR count). The molecule has 0 bridgehead atoms. The van der Waals surface area contributed by atoms with Gasteiger partial charge in [-0.25, -0.2) is 9.97 Å². The highest BCUT2D eigenvalue weighted by molar-refractivity contribution is 7.15. The number of ether oxygens (including phenoxy) is 1. The molecule has 0 N–H and O–H groups in total. The third-order valence-corrected chi connectivity index (χ3v) is 8.22. The van der Waals surface area contributed by atoms with Gasteiger partial charge in [-0.15, -0.1) is 11.3 Å². The van der Waals surface area contributed by atoms with Crippen LogP contribution in [0.5, 0.6) is 5.75 Å². The number of aromatic nitrogens is 3. The summed E-state index contributed by atoms with van der Waals surface area (Å²) < 4.78 is 7.80. The van der Waals surface area contributed by atoms with Crippen LogP contribution in [0, 0.1) is 6.92 Å².